The summed E-state index contributed by atoms with van der Waals surface area (Å²) in [6.45, 7) is 10.7. The highest BCUT2D eigenvalue weighted by molar-refractivity contribution is 5.74. The van der Waals surface area contributed by atoms with Gasteiger partial charge in [-0.15, -0.1) is 0 Å². The number of amides is 2. The van der Waals surface area contributed by atoms with E-state index in [2.05, 4.69) is 5.43 Å². The van der Waals surface area contributed by atoms with E-state index in [0.717, 1.165) is 5.01 Å². The SMILES string of the molecule is C/C=C/C(CC)N(NC(=O)OC(C)C)C(=O)OC(C)C. The highest BCUT2D eigenvalue weighted by Gasteiger charge is 2.25. The highest BCUT2D eigenvalue weighted by atomic mass is 16.6. The molecule has 2 amide bonds. The van der Waals surface area contributed by atoms with Crippen LogP contribution in [-0.4, -0.2) is 35.4 Å². The number of carbonyl (C=O) groups excluding carboxylic acids is 2. The second-order valence-corrected chi connectivity index (χ2v) is 4.87. The summed E-state index contributed by atoms with van der Waals surface area (Å²) in [5.74, 6) is 0. The second kappa shape index (κ2) is 9.23. The van der Waals surface area contributed by atoms with Crippen molar-refractivity contribution in [3.05, 3.63) is 12.2 Å². The van der Waals surface area contributed by atoms with Crippen molar-refractivity contribution >= 4 is 12.2 Å². The van der Waals surface area contributed by atoms with Crippen LogP contribution in [0.4, 0.5) is 9.59 Å². The summed E-state index contributed by atoms with van der Waals surface area (Å²) in [5, 5.41) is 1.16. The van der Waals surface area contributed by atoms with Crippen molar-refractivity contribution < 1.29 is 19.1 Å². The Balaban J connectivity index is 4.94. The molecule has 0 spiro atoms. The van der Waals surface area contributed by atoms with Crippen molar-refractivity contribution in [1.82, 2.24) is 10.4 Å². The summed E-state index contributed by atoms with van der Waals surface area (Å²) in [6.07, 6.45) is 2.46. The molecule has 0 radical (unpaired) electrons. The van der Waals surface area contributed by atoms with Crippen molar-refractivity contribution in [2.24, 2.45) is 0 Å². The predicted octanol–water partition coefficient (Wildman–Crippen LogP) is 3.24. The smallest absolute Gasteiger partial charge is 0.429 e. The molecule has 0 rings (SSSR count). The second-order valence-electron chi connectivity index (χ2n) is 4.87. The minimum Gasteiger partial charge on any atom is -0.446 e. The van der Waals surface area contributed by atoms with Gasteiger partial charge in [0.25, 0.3) is 0 Å². The lowest BCUT2D eigenvalue weighted by atomic mass is 10.2. The topological polar surface area (TPSA) is 67.9 Å². The Labute approximate surface area is 121 Å². The van der Waals surface area contributed by atoms with Crippen molar-refractivity contribution in [1.29, 1.82) is 0 Å². The largest absolute Gasteiger partial charge is 0.446 e. The number of hydrogen-bond acceptors (Lipinski definition) is 4. The minimum absolute atomic E-state index is 0.264. The van der Waals surface area contributed by atoms with E-state index in [4.69, 9.17) is 9.47 Å². The van der Waals surface area contributed by atoms with Crippen LogP contribution in [0.25, 0.3) is 0 Å². The molecule has 0 bridgehead atoms. The molecule has 0 aromatic carbocycles. The summed E-state index contributed by atoms with van der Waals surface area (Å²) < 4.78 is 10.1. The average Bonchev–Trinajstić information content (AvgIpc) is 2.31. The van der Waals surface area contributed by atoms with Gasteiger partial charge in [0, 0.05) is 0 Å². The van der Waals surface area contributed by atoms with Gasteiger partial charge in [-0.2, -0.15) is 0 Å². The van der Waals surface area contributed by atoms with Gasteiger partial charge in [0.1, 0.15) is 0 Å². The first-order valence-electron chi connectivity index (χ1n) is 6.91. The molecule has 6 nitrogen and oxygen atoms in total. The molecule has 0 saturated carbocycles. The van der Waals surface area contributed by atoms with Crippen LogP contribution < -0.4 is 5.43 Å². The van der Waals surface area contributed by atoms with E-state index >= 15 is 0 Å². The van der Waals surface area contributed by atoms with E-state index in [0.29, 0.717) is 6.42 Å². The first-order valence-corrected chi connectivity index (χ1v) is 6.91. The number of rotatable bonds is 5. The molecule has 0 heterocycles. The third-order valence-corrected chi connectivity index (χ3v) is 2.25. The average molecular weight is 286 g/mol. The Morgan fingerprint density at radius 3 is 2.10 bits per heavy atom. The van der Waals surface area contributed by atoms with Crippen molar-refractivity contribution in [3.8, 4) is 0 Å². The van der Waals surface area contributed by atoms with Gasteiger partial charge in [0.2, 0.25) is 0 Å². The zero-order chi connectivity index (χ0) is 15.7. The number of hydrazine groups is 1. The third-order valence-electron chi connectivity index (χ3n) is 2.25. The number of allylic oxidation sites excluding steroid dienone is 1. The fraction of sp³-hybridized carbons (Fsp3) is 0.714. The van der Waals surface area contributed by atoms with E-state index in [9.17, 15) is 9.59 Å². The number of ether oxygens (including phenoxy) is 2. The fourth-order valence-corrected chi connectivity index (χ4v) is 1.49. The van der Waals surface area contributed by atoms with Gasteiger partial charge >= 0.3 is 12.2 Å². The van der Waals surface area contributed by atoms with Crippen molar-refractivity contribution in [3.63, 3.8) is 0 Å². The van der Waals surface area contributed by atoms with Gasteiger partial charge in [-0.05, 0) is 41.0 Å². The maximum atomic E-state index is 12.0. The van der Waals surface area contributed by atoms with Crippen LogP contribution in [0.3, 0.4) is 0 Å². The minimum atomic E-state index is -0.677. The zero-order valence-electron chi connectivity index (χ0n) is 13.2. The van der Waals surface area contributed by atoms with Crippen LogP contribution >= 0.6 is 0 Å². The molecule has 116 valence electrons. The van der Waals surface area contributed by atoms with Gasteiger partial charge < -0.3 is 9.47 Å². The van der Waals surface area contributed by atoms with Crippen molar-refractivity contribution in [2.45, 2.75) is 66.2 Å². The molecule has 0 saturated heterocycles. The molecule has 0 aromatic heterocycles. The zero-order valence-corrected chi connectivity index (χ0v) is 13.2. The number of nitrogens with zero attached hydrogens (tertiary/aromatic N) is 1. The van der Waals surface area contributed by atoms with Crippen LogP contribution in [0.5, 0.6) is 0 Å². The monoisotopic (exact) mass is 286 g/mol. The molecule has 20 heavy (non-hydrogen) atoms. The quantitative estimate of drug-likeness (QED) is 0.622. The van der Waals surface area contributed by atoms with Gasteiger partial charge in [-0.1, -0.05) is 19.1 Å². The lowest BCUT2D eigenvalue weighted by Crippen LogP contribution is -2.52. The van der Waals surface area contributed by atoms with E-state index in [1.807, 2.05) is 26.0 Å². The number of carbonyl (C=O) groups is 2. The molecule has 0 aliphatic rings. The van der Waals surface area contributed by atoms with E-state index < -0.39 is 12.2 Å². The van der Waals surface area contributed by atoms with Crippen molar-refractivity contribution in [2.75, 3.05) is 0 Å². The summed E-state index contributed by atoms with van der Waals surface area (Å²) in [4.78, 5) is 23.7. The van der Waals surface area contributed by atoms with Crippen LogP contribution in [0.2, 0.25) is 0 Å². The molecule has 0 fully saturated rings. The Hall–Kier alpha value is -1.72. The maximum Gasteiger partial charge on any atom is 0.429 e. The Kier molecular flexibility index (Phi) is 8.43. The van der Waals surface area contributed by atoms with Gasteiger partial charge in [0.15, 0.2) is 0 Å². The molecule has 0 aliphatic heterocycles. The highest BCUT2D eigenvalue weighted by Crippen LogP contribution is 2.08. The van der Waals surface area contributed by atoms with Crippen LogP contribution in [0.15, 0.2) is 12.2 Å². The lowest BCUT2D eigenvalue weighted by molar-refractivity contribution is 0.0376. The number of nitrogens with one attached hydrogen (secondary N) is 1. The molecule has 1 atom stereocenters. The van der Waals surface area contributed by atoms with Gasteiger partial charge in [0.05, 0.1) is 18.2 Å². The van der Waals surface area contributed by atoms with E-state index in [1.165, 1.54) is 0 Å². The molecule has 1 unspecified atom stereocenters. The summed E-state index contributed by atoms with van der Waals surface area (Å²) in [7, 11) is 0. The van der Waals surface area contributed by atoms with Crippen LogP contribution in [0.1, 0.15) is 48.0 Å². The molecule has 1 N–H and O–H groups in total. The molecular formula is C14H26N2O4. The predicted molar refractivity (Wildman–Crippen MR) is 77.1 cm³/mol. The van der Waals surface area contributed by atoms with Crippen LogP contribution in [-0.2, 0) is 9.47 Å². The van der Waals surface area contributed by atoms with Crippen LogP contribution in [0, 0.1) is 0 Å². The lowest BCUT2D eigenvalue weighted by Gasteiger charge is -2.29. The Morgan fingerprint density at radius 2 is 1.70 bits per heavy atom. The summed E-state index contributed by atoms with van der Waals surface area (Å²) in [5.41, 5.74) is 2.44. The first kappa shape index (κ1) is 18.3. The van der Waals surface area contributed by atoms with Gasteiger partial charge in [-0.25, -0.2) is 20.0 Å². The molecule has 6 heteroatoms. The normalized spacial score (nSPS) is 12.6. The number of hydrogen-bond donors (Lipinski definition) is 1. The third kappa shape index (κ3) is 7.01. The summed E-state index contributed by atoms with van der Waals surface area (Å²) in [6, 6.07) is -0.286. The first-order chi connectivity index (χ1) is 9.31. The van der Waals surface area contributed by atoms with Gasteiger partial charge in [-0.3, -0.25) is 0 Å². The summed E-state index contributed by atoms with van der Waals surface area (Å²) >= 11 is 0. The van der Waals surface area contributed by atoms with E-state index in [1.54, 1.807) is 27.7 Å². The Bertz CT molecular complexity index is 340. The molecular weight excluding hydrogens is 260 g/mol. The Morgan fingerprint density at radius 1 is 1.15 bits per heavy atom. The van der Waals surface area contributed by atoms with E-state index in [-0.39, 0.29) is 18.2 Å². The molecule has 0 aliphatic carbocycles. The fourth-order valence-electron chi connectivity index (χ4n) is 1.49. The maximum absolute atomic E-state index is 12.0. The molecule has 0 aromatic rings. The standard InChI is InChI=1S/C14H26N2O4/c1-7-9-12(8-2)16(14(18)20-11(5)6)15-13(17)19-10(3)4/h7,9-12H,8H2,1-6H3,(H,15,17)/b9-7+.